The number of allylic oxidation sites excluding steroid dienone is 1. The Morgan fingerprint density at radius 1 is 1.15 bits per heavy atom. The van der Waals surface area contributed by atoms with Crippen molar-refractivity contribution in [3.63, 3.8) is 0 Å². The van der Waals surface area contributed by atoms with Crippen LogP contribution in [-0.2, 0) is 0 Å². The minimum Gasteiger partial charge on any atom is -0.328 e. The molecular formula is C33H39N6O+. The lowest BCUT2D eigenvalue weighted by Gasteiger charge is -2.21. The van der Waals surface area contributed by atoms with Crippen LogP contribution in [0.15, 0.2) is 48.1 Å². The normalized spacial score (nSPS) is 19.9. The molecule has 1 saturated carbocycles. The van der Waals surface area contributed by atoms with Gasteiger partial charge in [-0.05, 0) is 86.9 Å². The van der Waals surface area contributed by atoms with Gasteiger partial charge in [0, 0.05) is 23.6 Å². The maximum absolute atomic E-state index is 14.0. The van der Waals surface area contributed by atoms with E-state index in [2.05, 4.69) is 24.9 Å². The van der Waals surface area contributed by atoms with Crippen LogP contribution in [0.3, 0.4) is 0 Å². The number of rotatable bonds is 6. The van der Waals surface area contributed by atoms with Crippen LogP contribution in [0, 0.1) is 24.2 Å². The molecule has 1 fully saturated rings. The Bertz CT molecular complexity index is 1640. The van der Waals surface area contributed by atoms with Gasteiger partial charge in [-0.3, -0.25) is 4.79 Å². The molecule has 2 aliphatic rings. The molecule has 7 nitrogen and oxygen atoms in total. The SMILES string of the molecule is C=C(C)c1c(C(=O)CC2CCCC(N)CCC2)nn(-c2ccc(C#N)c(C)c2)c1-c1ccc2c(c1)=C[N+](C)(C)N=2. The van der Waals surface area contributed by atoms with E-state index in [-0.39, 0.29) is 11.8 Å². The predicted octanol–water partition coefficient (Wildman–Crippen LogP) is 4.99. The number of benzene rings is 2. The van der Waals surface area contributed by atoms with Gasteiger partial charge in [-0.15, -0.1) is 0 Å². The van der Waals surface area contributed by atoms with Crippen LogP contribution >= 0.6 is 0 Å². The van der Waals surface area contributed by atoms with Crippen molar-refractivity contribution < 1.29 is 9.39 Å². The van der Waals surface area contributed by atoms with Crippen LogP contribution in [0.25, 0.3) is 28.7 Å². The number of hydrogen-bond donors (Lipinski definition) is 1. The molecule has 0 radical (unpaired) electrons. The summed E-state index contributed by atoms with van der Waals surface area (Å²) in [6.07, 6.45) is 8.78. The van der Waals surface area contributed by atoms with E-state index >= 15 is 0 Å². The summed E-state index contributed by atoms with van der Waals surface area (Å²) in [6.45, 7) is 8.15. The van der Waals surface area contributed by atoms with Crippen LogP contribution in [0.5, 0.6) is 0 Å². The highest BCUT2D eigenvalue weighted by Gasteiger charge is 2.28. The topological polar surface area (TPSA) is 97.1 Å². The minimum atomic E-state index is 0.0544. The molecule has 5 rings (SSSR count). The van der Waals surface area contributed by atoms with Gasteiger partial charge in [-0.2, -0.15) is 15.0 Å². The third kappa shape index (κ3) is 5.56. The Morgan fingerprint density at radius 2 is 1.88 bits per heavy atom. The Balaban J connectivity index is 1.65. The summed E-state index contributed by atoms with van der Waals surface area (Å²) in [6, 6.07) is 14.4. The molecule has 1 aliphatic heterocycles. The lowest BCUT2D eigenvalue weighted by Crippen LogP contribution is -2.23. The summed E-state index contributed by atoms with van der Waals surface area (Å²) in [5.41, 5.74) is 12.3. The van der Waals surface area contributed by atoms with Crippen LogP contribution in [0.2, 0.25) is 0 Å². The van der Waals surface area contributed by atoms with E-state index in [1.807, 2.05) is 63.0 Å². The fraction of sp³-hybridized carbons (Fsp3) is 0.394. The van der Waals surface area contributed by atoms with E-state index in [1.54, 1.807) is 0 Å². The molecule has 3 aromatic rings. The standard InChI is InChI=1S/C33H39N6O/c1-21(2)31-32(30(40)17-23-8-6-10-27(35)11-7-9-23)36-38(28-14-12-25(19-34)22(3)16-28)33(31)24-13-15-29-26(18-24)20-39(4,5)37-29/h12-16,18,20,23,27H,1,6-11,17,35H2,2-5H3/q+1. The van der Waals surface area contributed by atoms with E-state index < -0.39 is 0 Å². The highest BCUT2D eigenvalue weighted by Crippen LogP contribution is 2.35. The van der Waals surface area contributed by atoms with Crippen LogP contribution in [0.1, 0.15) is 79.0 Å². The second-order valence-corrected chi connectivity index (χ2v) is 12.0. The van der Waals surface area contributed by atoms with Crippen LogP contribution in [0.4, 0.5) is 0 Å². The van der Waals surface area contributed by atoms with Gasteiger partial charge in [0.2, 0.25) is 0 Å². The van der Waals surface area contributed by atoms with E-state index in [9.17, 15) is 10.1 Å². The first kappa shape index (κ1) is 27.7. The number of nitrogens with two attached hydrogens (primary N) is 1. The molecule has 40 heavy (non-hydrogen) atoms. The average Bonchev–Trinajstić information content (AvgIpc) is 3.43. The van der Waals surface area contributed by atoms with Crippen molar-refractivity contribution in [3.8, 4) is 23.0 Å². The molecule has 0 atom stereocenters. The zero-order chi connectivity index (χ0) is 28.6. The summed E-state index contributed by atoms with van der Waals surface area (Å²) in [7, 11) is 4.06. The van der Waals surface area contributed by atoms with E-state index in [0.717, 1.165) is 82.7 Å². The number of nitrogens with zero attached hydrogens (tertiary/aromatic N) is 5. The molecule has 0 spiro atoms. The molecule has 0 saturated heterocycles. The minimum absolute atomic E-state index is 0.0544. The molecule has 0 unspecified atom stereocenters. The van der Waals surface area contributed by atoms with Crippen LogP contribution in [-0.4, -0.2) is 40.3 Å². The van der Waals surface area contributed by atoms with Crippen molar-refractivity contribution in [3.05, 3.63) is 75.9 Å². The van der Waals surface area contributed by atoms with Gasteiger partial charge in [-0.25, -0.2) is 4.68 Å². The third-order valence-electron chi connectivity index (χ3n) is 8.12. The average molecular weight is 536 g/mol. The maximum Gasteiger partial charge on any atom is 0.183 e. The second kappa shape index (κ2) is 11.0. The summed E-state index contributed by atoms with van der Waals surface area (Å²) < 4.78 is 2.28. The van der Waals surface area contributed by atoms with Gasteiger partial charge in [0.25, 0.3) is 0 Å². The van der Waals surface area contributed by atoms with Crippen molar-refractivity contribution in [1.82, 2.24) is 9.78 Å². The zero-order valence-electron chi connectivity index (χ0n) is 24.1. The van der Waals surface area contributed by atoms with Crippen molar-refractivity contribution in [2.24, 2.45) is 16.8 Å². The number of hydrogen-bond acceptors (Lipinski definition) is 5. The number of aromatic nitrogens is 2. The number of carbonyl (C=O) groups is 1. The molecular weight excluding hydrogens is 496 g/mol. The lowest BCUT2D eigenvalue weighted by molar-refractivity contribution is -0.818. The summed E-state index contributed by atoms with van der Waals surface area (Å²) >= 11 is 0. The lowest BCUT2D eigenvalue weighted by atomic mass is 9.85. The Hall–Kier alpha value is -3.86. The molecule has 1 aliphatic carbocycles. The van der Waals surface area contributed by atoms with Gasteiger partial charge in [0.1, 0.15) is 17.3 Å². The van der Waals surface area contributed by atoms with Gasteiger partial charge in [0.05, 0.1) is 42.3 Å². The van der Waals surface area contributed by atoms with Gasteiger partial charge in [0.15, 0.2) is 5.78 Å². The fourth-order valence-corrected chi connectivity index (χ4v) is 6.11. The molecule has 206 valence electrons. The van der Waals surface area contributed by atoms with Crippen molar-refractivity contribution in [2.75, 3.05) is 14.1 Å². The van der Waals surface area contributed by atoms with Crippen molar-refractivity contribution >= 4 is 17.6 Å². The number of aryl methyl sites for hydroxylation is 1. The Kier molecular flexibility index (Phi) is 7.59. The summed E-state index contributed by atoms with van der Waals surface area (Å²) in [5.74, 6) is 0.388. The summed E-state index contributed by atoms with van der Waals surface area (Å²) in [4.78, 5) is 14.0. The first-order valence-corrected chi connectivity index (χ1v) is 14.2. The smallest absolute Gasteiger partial charge is 0.183 e. The first-order valence-electron chi connectivity index (χ1n) is 14.2. The van der Waals surface area contributed by atoms with E-state index in [1.165, 1.54) is 0 Å². The van der Waals surface area contributed by atoms with Crippen LogP contribution < -0.4 is 16.3 Å². The molecule has 7 heteroatoms. The molecule has 0 amide bonds. The second-order valence-electron chi connectivity index (χ2n) is 12.0. The maximum atomic E-state index is 14.0. The molecule has 0 bridgehead atoms. The number of quaternary nitrogens is 1. The number of carbonyl (C=O) groups excluding carboxylic acids is 1. The molecule has 2 aromatic carbocycles. The first-order chi connectivity index (χ1) is 19.1. The largest absolute Gasteiger partial charge is 0.328 e. The van der Waals surface area contributed by atoms with E-state index in [0.29, 0.717) is 28.2 Å². The fourth-order valence-electron chi connectivity index (χ4n) is 6.11. The monoisotopic (exact) mass is 535 g/mol. The Labute approximate surface area is 236 Å². The number of Topliss-reactive ketones (excluding diaryl/α,β-unsaturated/α-hetero) is 1. The van der Waals surface area contributed by atoms with Gasteiger partial charge >= 0.3 is 0 Å². The highest BCUT2D eigenvalue weighted by molar-refractivity contribution is 6.01. The van der Waals surface area contributed by atoms with Crippen molar-refractivity contribution in [2.45, 2.75) is 64.8 Å². The number of ketones is 1. The quantitative estimate of drug-likeness (QED) is 0.355. The predicted molar refractivity (Wildman–Crippen MR) is 159 cm³/mol. The van der Waals surface area contributed by atoms with E-state index in [4.69, 9.17) is 15.9 Å². The summed E-state index contributed by atoms with van der Waals surface area (Å²) in [5, 5.41) is 21.2. The number of fused-ring (bicyclic) bond motifs is 1. The number of nitriles is 1. The van der Waals surface area contributed by atoms with Gasteiger partial charge in [-0.1, -0.05) is 30.6 Å². The Morgan fingerprint density at radius 3 is 2.52 bits per heavy atom. The molecule has 1 aromatic heterocycles. The molecule has 2 N–H and O–H groups in total. The van der Waals surface area contributed by atoms with Crippen molar-refractivity contribution in [1.29, 1.82) is 5.26 Å². The highest BCUT2D eigenvalue weighted by atomic mass is 16.1. The third-order valence-corrected chi connectivity index (χ3v) is 8.12. The molecule has 2 heterocycles. The van der Waals surface area contributed by atoms with Gasteiger partial charge < -0.3 is 5.73 Å². The zero-order valence-corrected chi connectivity index (χ0v) is 24.1.